The van der Waals surface area contributed by atoms with Gasteiger partial charge >= 0.3 is 0 Å². The largest absolute Gasteiger partial charge is 0.316 e. The van der Waals surface area contributed by atoms with Gasteiger partial charge in [0.2, 0.25) is 0 Å². The number of nitrogens with zero attached hydrogens (tertiary/aromatic N) is 1. The van der Waals surface area contributed by atoms with E-state index in [0.29, 0.717) is 5.41 Å². The standard InChI is InChI=1S/C14H28N2/c1-3-5-13-6-9-16(10-13)12-14(2)7-4-8-15-11-14/h13,15H,3-12H2,1-2H3. The molecular weight excluding hydrogens is 196 g/mol. The highest BCUT2D eigenvalue weighted by Crippen LogP contribution is 2.30. The van der Waals surface area contributed by atoms with E-state index in [-0.39, 0.29) is 0 Å². The minimum absolute atomic E-state index is 0.541. The van der Waals surface area contributed by atoms with E-state index in [9.17, 15) is 0 Å². The zero-order chi connectivity index (χ0) is 11.4. The van der Waals surface area contributed by atoms with Gasteiger partial charge in [-0.05, 0) is 50.1 Å². The maximum atomic E-state index is 3.56. The van der Waals surface area contributed by atoms with Crippen LogP contribution in [0.2, 0.25) is 0 Å². The molecule has 2 nitrogen and oxygen atoms in total. The summed E-state index contributed by atoms with van der Waals surface area (Å²) in [4.78, 5) is 2.72. The molecule has 2 saturated heterocycles. The van der Waals surface area contributed by atoms with Gasteiger partial charge in [-0.15, -0.1) is 0 Å². The van der Waals surface area contributed by atoms with Crippen LogP contribution >= 0.6 is 0 Å². The van der Waals surface area contributed by atoms with Crippen LogP contribution in [0.1, 0.15) is 46.0 Å². The van der Waals surface area contributed by atoms with Gasteiger partial charge in [-0.1, -0.05) is 20.3 Å². The Balaban J connectivity index is 1.77. The number of hydrogen-bond acceptors (Lipinski definition) is 2. The Bertz CT molecular complexity index is 209. The Morgan fingerprint density at radius 3 is 3.00 bits per heavy atom. The molecule has 0 saturated carbocycles. The molecule has 0 radical (unpaired) electrons. The van der Waals surface area contributed by atoms with E-state index >= 15 is 0 Å². The zero-order valence-corrected chi connectivity index (χ0v) is 11.1. The summed E-state index contributed by atoms with van der Waals surface area (Å²) in [6.45, 7) is 11.3. The first-order valence-electron chi connectivity index (χ1n) is 7.15. The lowest BCUT2D eigenvalue weighted by molar-refractivity contribution is 0.148. The fourth-order valence-electron chi connectivity index (χ4n) is 3.49. The fraction of sp³-hybridized carbons (Fsp3) is 1.00. The second-order valence-corrected chi connectivity index (χ2v) is 6.27. The molecule has 16 heavy (non-hydrogen) atoms. The molecule has 2 heteroatoms. The average Bonchev–Trinajstić information content (AvgIpc) is 2.66. The van der Waals surface area contributed by atoms with Crippen molar-refractivity contribution in [1.82, 2.24) is 10.2 Å². The first kappa shape index (κ1) is 12.4. The lowest BCUT2D eigenvalue weighted by Crippen LogP contribution is -2.45. The molecule has 2 aliphatic heterocycles. The van der Waals surface area contributed by atoms with Crippen LogP contribution in [0.5, 0.6) is 0 Å². The van der Waals surface area contributed by atoms with Gasteiger partial charge in [0.25, 0.3) is 0 Å². The number of nitrogens with one attached hydrogen (secondary N) is 1. The summed E-state index contributed by atoms with van der Waals surface area (Å²) in [7, 11) is 0. The van der Waals surface area contributed by atoms with Crippen molar-refractivity contribution in [2.24, 2.45) is 11.3 Å². The molecule has 2 unspecified atom stereocenters. The molecule has 0 amide bonds. The maximum Gasteiger partial charge on any atom is 0.00476 e. The van der Waals surface area contributed by atoms with Crippen LogP contribution in [0.15, 0.2) is 0 Å². The molecule has 0 aliphatic carbocycles. The number of piperidine rings is 1. The summed E-state index contributed by atoms with van der Waals surface area (Å²) in [6.07, 6.45) is 7.01. The van der Waals surface area contributed by atoms with Gasteiger partial charge in [-0.2, -0.15) is 0 Å². The highest BCUT2D eigenvalue weighted by Gasteiger charge is 2.31. The van der Waals surface area contributed by atoms with E-state index in [4.69, 9.17) is 0 Å². The van der Waals surface area contributed by atoms with E-state index < -0.39 is 0 Å². The quantitative estimate of drug-likeness (QED) is 0.789. The van der Waals surface area contributed by atoms with E-state index in [0.717, 1.165) is 5.92 Å². The molecule has 1 N–H and O–H groups in total. The van der Waals surface area contributed by atoms with Crippen LogP contribution < -0.4 is 5.32 Å². The van der Waals surface area contributed by atoms with Gasteiger partial charge in [-0.3, -0.25) is 0 Å². The van der Waals surface area contributed by atoms with Crippen molar-refractivity contribution in [3.05, 3.63) is 0 Å². The van der Waals surface area contributed by atoms with E-state index in [1.54, 1.807) is 0 Å². The first-order valence-corrected chi connectivity index (χ1v) is 7.15. The van der Waals surface area contributed by atoms with E-state index in [1.807, 2.05) is 0 Å². The minimum atomic E-state index is 0.541. The Labute approximate surface area is 101 Å². The molecule has 0 aromatic heterocycles. The Hall–Kier alpha value is -0.0800. The summed E-state index contributed by atoms with van der Waals surface area (Å²) in [6, 6.07) is 0. The molecule has 2 rings (SSSR count). The lowest BCUT2D eigenvalue weighted by atomic mass is 9.82. The van der Waals surface area contributed by atoms with Crippen molar-refractivity contribution in [2.75, 3.05) is 32.7 Å². The zero-order valence-electron chi connectivity index (χ0n) is 11.1. The summed E-state index contributed by atoms with van der Waals surface area (Å²) in [5, 5.41) is 3.56. The summed E-state index contributed by atoms with van der Waals surface area (Å²) in [5.74, 6) is 0.991. The number of rotatable bonds is 4. The second-order valence-electron chi connectivity index (χ2n) is 6.27. The summed E-state index contributed by atoms with van der Waals surface area (Å²) < 4.78 is 0. The monoisotopic (exact) mass is 224 g/mol. The van der Waals surface area contributed by atoms with Crippen LogP contribution in [0.3, 0.4) is 0 Å². The van der Waals surface area contributed by atoms with Gasteiger partial charge < -0.3 is 10.2 Å². The molecule has 0 spiro atoms. The Morgan fingerprint density at radius 1 is 1.44 bits per heavy atom. The second kappa shape index (κ2) is 5.50. The molecule has 0 aromatic rings. The smallest absolute Gasteiger partial charge is 0.00476 e. The van der Waals surface area contributed by atoms with Crippen molar-refractivity contribution >= 4 is 0 Å². The molecule has 0 aromatic carbocycles. The summed E-state index contributed by atoms with van der Waals surface area (Å²) >= 11 is 0. The fourth-order valence-corrected chi connectivity index (χ4v) is 3.49. The number of likely N-dealkylation sites (tertiary alicyclic amines) is 1. The van der Waals surface area contributed by atoms with E-state index in [2.05, 4.69) is 24.1 Å². The molecule has 0 bridgehead atoms. The van der Waals surface area contributed by atoms with Gasteiger partial charge in [0.05, 0.1) is 0 Å². The Morgan fingerprint density at radius 2 is 2.31 bits per heavy atom. The molecule has 94 valence electrons. The molecule has 2 fully saturated rings. The van der Waals surface area contributed by atoms with Crippen molar-refractivity contribution in [3.8, 4) is 0 Å². The Kier molecular flexibility index (Phi) is 4.26. The molecular formula is C14H28N2. The third-order valence-corrected chi connectivity index (χ3v) is 4.36. The van der Waals surface area contributed by atoms with Crippen molar-refractivity contribution in [3.63, 3.8) is 0 Å². The minimum Gasteiger partial charge on any atom is -0.316 e. The van der Waals surface area contributed by atoms with Gasteiger partial charge in [0, 0.05) is 19.6 Å². The van der Waals surface area contributed by atoms with Crippen LogP contribution in [-0.2, 0) is 0 Å². The van der Waals surface area contributed by atoms with Gasteiger partial charge in [0.15, 0.2) is 0 Å². The SMILES string of the molecule is CCCC1CCN(CC2(C)CCCNC2)C1. The topological polar surface area (TPSA) is 15.3 Å². The highest BCUT2D eigenvalue weighted by molar-refractivity contribution is 4.87. The number of hydrogen-bond donors (Lipinski definition) is 1. The van der Waals surface area contributed by atoms with Gasteiger partial charge in [-0.25, -0.2) is 0 Å². The van der Waals surface area contributed by atoms with Gasteiger partial charge in [0.1, 0.15) is 0 Å². The molecule has 2 aliphatic rings. The molecule has 2 atom stereocenters. The van der Waals surface area contributed by atoms with E-state index in [1.165, 1.54) is 64.8 Å². The van der Waals surface area contributed by atoms with Crippen molar-refractivity contribution in [2.45, 2.75) is 46.0 Å². The molecule has 2 heterocycles. The van der Waals surface area contributed by atoms with Crippen LogP contribution in [0.4, 0.5) is 0 Å². The van der Waals surface area contributed by atoms with Crippen LogP contribution in [-0.4, -0.2) is 37.6 Å². The highest BCUT2D eigenvalue weighted by atomic mass is 15.2. The van der Waals surface area contributed by atoms with Crippen molar-refractivity contribution < 1.29 is 0 Å². The maximum absolute atomic E-state index is 3.56. The summed E-state index contributed by atoms with van der Waals surface area (Å²) in [5.41, 5.74) is 0.541. The average molecular weight is 224 g/mol. The van der Waals surface area contributed by atoms with Crippen molar-refractivity contribution in [1.29, 1.82) is 0 Å². The van der Waals surface area contributed by atoms with Crippen LogP contribution in [0, 0.1) is 11.3 Å². The first-order chi connectivity index (χ1) is 7.72. The third-order valence-electron chi connectivity index (χ3n) is 4.36. The predicted octanol–water partition coefficient (Wildman–Crippen LogP) is 2.50. The third kappa shape index (κ3) is 3.21. The van der Waals surface area contributed by atoms with Crippen LogP contribution in [0.25, 0.3) is 0 Å². The normalized spacial score (nSPS) is 36.8. The lowest BCUT2D eigenvalue weighted by Gasteiger charge is -2.37. The predicted molar refractivity (Wildman–Crippen MR) is 69.7 cm³/mol.